The number of rotatable bonds is 5. The molecular formula is C20H20Cl2N2O2. The molecule has 0 N–H and O–H groups in total. The normalized spacial score (nSPS) is 11.4. The predicted octanol–water partition coefficient (Wildman–Crippen LogP) is 4.56. The Hall–Kier alpha value is -2.04. The summed E-state index contributed by atoms with van der Waals surface area (Å²) in [5.41, 5.74) is 0.713. The van der Waals surface area contributed by atoms with E-state index < -0.39 is 0 Å². The van der Waals surface area contributed by atoms with Crippen molar-refractivity contribution in [1.29, 1.82) is 0 Å². The van der Waals surface area contributed by atoms with E-state index in [1.54, 1.807) is 10.6 Å². The molecule has 3 aromatic rings. The molecule has 0 spiro atoms. The number of benzene rings is 2. The van der Waals surface area contributed by atoms with Crippen LogP contribution in [0.3, 0.4) is 0 Å². The van der Waals surface area contributed by atoms with Crippen LogP contribution in [0.4, 0.5) is 0 Å². The third-order valence-corrected chi connectivity index (χ3v) is 4.88. The molecule has 0 bridgehead atoms. The van der Waals surface area contributed by atoms with Gasteiger partial charge in [0.05, 0.1) is 22.5 Å². The lowest BCUT2D eigenvalue weighted by molar-refractivity contribution is 0.485. The van der Waals surface area contributed by atoms with Crippen LogP contribution in [0.1, 0.15) is 25.8 Å². The average Bonchev–Trinajstić information content (AvgIpc) is 2.58. The van der Waals surface area contributed by atoms with E-state index in [1.807, 2.05) is 30.3 Å². The second-order valence-electron chi connectivity index (χ2n) is 6.78. The lowest BCUT2D eigenvalue weighted by Gasteiger charge is -2.16. The first-order valence-electron chi connectivity index (χ1n) is 8.54. The molecule has 6 heteroatoms. The minimum atomic E-state index is -0.364. The lowest BCUT2D eigenvalue weighted by atomic mass is 10.1. The highest BCUT2D eigenvalue weighted by Crippen LogP contribution is 2.25. The minimum Gasteiger partial charge on any atom is -0.289 e. The number of aromatic nitrogens is 2. The molecule has 0 aliphatic rings. The summed E-state index contributed by atoms with van der Waals surface area (Å²) >= 11 is 12.5. The van der Waals surface area contributed by atoms with E-state index in [0.717, 1.165) is 12.0 Å². The van der Waals surface area contributed by atoms with Crippen molar-refractivity contribution in [2.45, 2.75) is 33.4 Å². The Bertz CT molecular complexity index is 1050. The molecule has 3 rings (SSSR count). The van der Waals surface area contributed by atoms with Gasteiger partial charge in [-0.1, -0.05) is 67.4 Å². The van der Waals surface area contributed by atoms with Crippen LogP contribution in [-0.2, 0) is 13.1 Å². The quantitative estimate of drug-likeness (QED) is 0.640. The molecule has 0 radical (unpaired) electrons. The fourth-order valence-corrected chi connectivity index (χ4v) is 3.52. The first-order valence-corrected chi connectivity index (χ1v) is 9.30. The van der Waals surface area contributed by atoms with Crippen molar-refractivity contribution in [1.82, 2.24) is 9.13 Å². The summed E-state index contributed by atoms with van der Waals surface area (Å²) in [6.07, 6.45) is 0.733. The van der Waals surface area contributed by atoms with Crippen LogP contribution in [0.25, 0.3) is 10.9 Å². The van der Waals surface area contributed by atoms with E-state index in [4.69, 9.17) is 23.2 Å². The molecule has 26 heavy (non-hydrogen) atoms. The number of fused-ring (bicyclic) bond motifs is 1. The first kappa shape index (κ1) is 18.7. The zero-order valence-corrected chi connectivity index (χ0v) is 16.2. The third kappa shape index (κ3) is 3.71. The molecule has 0 aliphatic heterocycles. The SMILES string of the molecule is CC(C)CCn1c(=O)c2c(Cl)cc(Cl)cc2n(Cc2ccccc2)c1=O. The molecule has 0 amide bonds. The van der Waals surface area contributed by atoms with Crippen molar-refractivity contribution in [3.05, 3.63) is 78.9 Å². The van der Waals surface area contributed by atoms with Crippen molar-refractivity contribution in [3.8, 4) is 0 Å². The fourth-order valence-electron chi connectivity index (χ4n) is 2.96. The van der Waals surface area contributed by atoms with E-state index in [0.29, 0.717) is 34.9 Å². The Morgan fingerprint density at radius 1 is 1.00 bits per heavy atom. The molecular weight excluding hydrogens is 371 g/mol. The number of hydrogen-bond donors (Lipinski definition) is 0. The summed E-state index contributed by atoms with van der Waals surface area (Å²) in [6, 6.07) is 12.8. The Kier molecular flexibility index (Phi) is 5.54. The van der Waals surface area contributed by atoms with Crippen LogP contribution in [0.15, 0.2) is 52.1 Å². The molecule has 0 fully saturated rings. The van der Waals surface area contributed by atoms with Crippen LogP contribution in [0.2, 0.25) is 10.0 Å². The van der Waals surface area contributed by atoms with Gasteiger partial charge < -0.3 is 0 Å². The summed E-state index contributed by atoms with van der Waals surface area (Å²) in [6.45, 7) is 4.82. The van der Waals surface area contributed by atoms with E-state index in [-0.39, 0.29) is 16.3 Å². The van der Waals surface area contributed by atoms with Crippen LogP contribution in [0.5, 0.6) is 0 Å². The average molecular weight is 391 g/mol. The smallest absolute Gasteiger partial charge is 0.289 e. The molecule has 2 aromatic carbocycles. The molecule has 136 valence electrons. The van der Waals surface area contributed by atoms with Gasteiger partial charge in [-0.2, -0.15) is 0 Å². The van der Waals surface area contributed by atoms with Gasteiger partial charge in [0.2, 0.25) is 0 Å². The Morgan fingerprint density at radius 2 is 1.69 bits per heavy atom. The standard InChI is InChI=1S/C20H20Cl2N2O2/c1-13(2)8-9-23-19(25)18-16(22)10-15(21)11-17(18)24(20(23)26)12-14-6-4-3-5-7-14/h3-7,10-11,13H,8-9,12H2,1-2H3. The van der Waals surface area contributed by atoms with Gasteiger partial charge in [0.1, 0.15) is 0 Å². The summed E-state index contributed by atoms with van der Waals surface area (Å²) in [4.78, 5) is 26.0. The van der Waals surface area contributed by atoms with Gasteiger partial charge in [-0.3, -0.25) is 13.9 Å². The van der Waals surface area contributed by atoms with E-state index in [1.165, 1.54) is 10.6 Å². The second-order valence-corrected chi connectivity index (χ2v) is 7.62. The zero-order valence-electron chi connectivity index (χ0n) is 14.7. The highest BCUT2D eigenvalue weighted by Gasteiger charge is 2.17. The zero-order chi connectivity index (χ0) is 18.8. The summed E-state index contributed by atoms with van der Waals surface area (Å²) in [5.74, 6) is 0.375. The molecule has 0 atom stereocenters. The maximum absolute atomic E-state index is 13.1. The maximum atomic E-state index is 13.1. The third-order valence-electron chi connectivity index (χ3n) is 4.36. The molecule has 0 saturated heterocycles. The fraction of sp³-hybridized carbons (Fsp3) is 0.300. The summed E-state index contributed by atoms with van der Waals surface area (Å²) in [5, 5.41) is 0.982. The molecule has 1 heterocycles. The highest BCUT2D eigenvalue weighted by atomic mass is 35.5. The Balaban J connectivity index is 2.29. The Morgan fingerprint density at radius 3 is 2.35 bits per heavy atom. The van der Waals surface area contributed by atoms with Crippen molar-refractivity contribution < 1.29 is 0 Å². The van der Waals surface area contributed by atoms with Crippen molar-refractivity contribution >= 4 is 34.1 Å². The molecule has 0 unspecified atom stereocenters. The van der Waals surface area contributed by atoms with Crippen LogP contribution in [-0.4, -0.2) is 9.13 Å². The van der Waals surface area contributed by atoms with Gasteiger partial charge >= 0.3 is 5.69 Å². The Labute approximate surface area is 161 Å². The maximum Gasteiger partial charge on any atom is 0.331 e. The molecule has 4 nitrogen and oxygen atoms in total. The number of hydrogen-bond acceptors (Lipinski definition) is 2. The second kappa shape index (κ2) is 7.68. The van der Waals surface area contributed by atoms with Crippen molar-refractivity contribution in [2.75, 3.05) is 0 Å². The first-order chi connectivity index (χ1) is 12.4. The largest absolute Gasteiger partial charge is 0.331 e. The van der Waals surface area contributed by atoms with Gasteiger partial charge in [0.25, 0.3) is 5.56 Å². The lowest BCUT2D eigenvalue weighted by Crippen LogP contribution is -2.40. The summed E-state index contributed by atoms with van der Waals surface area (Å²) in [7, 11) is 0. The molecule has 1 aromatic heterocycles. The van der Waals surface area contributed by atoms with E-state index >= 15 is 0 Å². The molecule has 0 aliphatic carbocycles. The highest BCUT2D eigenvalue weighted by molar-refractivity contribution is 6.38. The van der Waals surface area contributed by atoms with Gasteiger partial charge in [0.15, 0.2) is 0 Å². The van der Waals surface area contributed by atoms with Crippen LogP contribution in [0, 0.1) is 5.92 Å². The van der Waals surface area contributed by atoms with Gasteiger partial charge in [-0.25, -0.2) is 4.79 Å². The molecule has 0 saturated carbocycles. The van der Waals surface area contributed by atoms with E-state index in [2.05, 4.69) is 13.8 Å². The van der Waals surface area contributed by atoms with Crippen LogP contribution < -0.4 is 11.2 Å². The van der Waals surface area contributed by atoms with Crippen LogP contribution >= 0.6 is 23.2 Å². The van der Waals surface area contributed by atoms with Crippen molar-refractivity contribution in [2.24, 2.45) is 5.92 Å². The summed E-state index contributed by atoms with van der Waals surface area (Å²) < 4.78 is 2.86. The topological polar surface area (TPSA) is 44.0 Å². The van der Waals surface area contributed by atoms with Gasteiger partial charge in [-0.15, -0.1) is 0 Å². The van der Waals surface area contributed by atoms with Gasteiger partial charge in [0, 0.05) is 11.6 Å². The van der Waals surface area contributed by atoms with Crippen molar-refractivity contribution in [3.63, 3.8) is 0 Å². The number of halogens is 2. The van der Waals surface area contributed by atoms with E-state index in [9.17, 15) is 9.59 Å². The van der Waals surface area contributed by atoms with Gasteiger partial charge in [-0.05, 0) is 30.0 Å². The monoisotopic (exact) mass is 390 g/mol. The number of nitrogens with zero attached hydrogens (tertiary/aromatic N) is 2. The predicted molar refractivity (Wildman–Crippen MR) is 107 cm³/mol. The minimum absolute atomic E-state index is 0.262.